The SMILES string of the molecule is COc1c(Br)cnc(CN2CC(CO[Si](C)(C)C(C)(C)C)c3c(Cl)nc(N)nc32)c1C. The summed E-state index contributed by atoms with van der Waals surface area (Å²) in [6, 6.07) is 0. The van der Waals surface area contributed by atoms with Crippen LogP contribution in [0.5, 0.6) is 5.75 Å². The molecule has 3 rings (SSSR count). The summed E-state index contributed by atoms with van der Waals surface area (Å²) >= 11 is 10.0. The summed E-state index contributed by atoms with van der Waals surface area (Å²) in [7, 11) is -0.250. The van der Waals surface area contributed by atoms with E-state index in [9.17, 15) is 0 Å². The smallest absolute Gasteiger partial charge is 0.223 e. The van der Waals surface area contributed by atoms with Gasteiger partial charge in [0.15, 0.2) is 8.32 Å². The lowest BCUT2D eigenvalue weighted by Crippen LogP contribution is -2.42. The van der Waals surface area contributed by atoms with Crippen LogP contribution in [-0.2, 0) is 11.0 Å². The number of nitrogen functional groups attached to an aromatic ring is 1. The van der Waals surface area contributed by atoms with E-state index in [1.807, 2.05) is 6.92 Å². The maximum absolute atomic E-state index is 6.53. The zero-order valence-corrected chi connectivity index (χ0v) is 22.6. The van der Waals surface area contributed by atoms with Crippen LogP contribution in [0.1, 0.15) is 43.5 Å². The first-order valence-corrected chi connectivity index (χ1v) is 14.3. The fourth-order valence-corrected chi connectivity index (χ4v) is 5.41. The Bertz CT molecular complexity index is 983. The Morgan fingerprint density at radius 3 is 2.61 bits per heavy atom. The molecule has 0 fully saturated rings. The zero-order chi connectivity index (χ0) is 23.1. The summed E-state index contributed by atoms with van der Waals surface area (Å²) in [6.07, 6.45) is 1.76. The molecule has 170 valence electrons. The third kappa shape index (κ3) is 4.84. The molecule has 0 radical (unpaired) electrons. The van der Waals surface area contributed by atoms with Gasteiger partial charge in [-0.3, -0.25) is 4.98 Å². The second-order valence-electron chi connectivity index (χ2n) is 9.47. The number of hydrogen-bond acceptors (Lipinski definition) is 7. The largest absolute Gasteiger partial charge is 0.495 e. The Balaban J connectivity index is 1.91. The monoisotopic (exact) mass is 527 g/mol. The van der Waals surface area contributed by atoms with Crippen LogP contribution in [0.25, 0.3) is 0 Å². The molecule has 2 N–H and O–H groups in total. The van der Waals surface area contributed by atoms with E-state index in [0.29, 0.717) is 24.8 Å². The highest BCUT2D eigenvalue weighted by molar-refractivity contribution is 9.10. The molecule has 10 heteroatoms. The van der Waals surface area contributed by atoms with Crippen LogP contribution < -0.4 is 15.4 Å². The molecule has 0 saturated heterocycles. The number of anilines is 2. The van der Waals surface area contributed by atoms with Gasteiger partial charge >= 0.3 is 0 Å². The molecule has 31 heavy (non-hydrogen) atoms. The van der Waals surface area contributed by atoms with Crippen molar-refractivity contribution in [3.63, 3.8) is 0 Å². The van der Waals surface area contributed by atoms with Gasteiger partial charge in [-0.1, -0.05) is 32.4 Å². The number of hydrogen-bond donors (Lipinski definition) is 1. The van der Waals surface area contributed by atoms with E-state index in [1.165, 1.54) is 0 Å². The first-order valence-electron chi connectivity index (χ1n) is 10.3. The number of rotatable bonds is 6. The van der Waals surface area contributed by atoms with Crippen LogP contribution in [0, 0.1) is 6.92 Å². The quantitative estimate of drug-likeness (QED) is 0.401. The molecule has 2 aromatic rings. The van der Waals surface area contributed by atoms with E-state index in [4.69, 9.17) is 26.5 Å². The van der Waals surface area contributed by atoms with Crippen LogP contribution in [-0.4, -0.2) is 43.5 Å². The zero-order valence-electron chi connectivity index (χ0n) is 19.2. The predicted octanol–water partition coefficient (Wildman–Crippen LogP) is 5.31. The molecule has 3 heterocycles. The predicted molar refractivity (Wildman–Crippen MR) is 132 cm³/mol. The van der Waals surface area contributed by atoms with Gasteiger partial charge in [-0.05, 0) is 41.0 Å². The minimum absolute atomic E-state index is 0.0647. The third-order valence-electron chi connectivity index (χ3n) is 6.37. The molecule has 0 saturated carbocycles. The number of nitrogens with two attached hydrogens (primary N) is 1. The molecular weight excluding hydrogens is 498 g/mol. The number of halogens is 2. The van der Waals surface area contributed by atoms with E-state index in [2.05, 4.69) is 69.6 Å². The lowest BCUT2D eigenvalue weighted by molar-refractivity contribution is 0.267. The second-order valence-corrected chi connectivity index (χ2v) is 15.5. The van der Waals surface area contributed by atoms with E-state index in [-0.39, 0.29) is 16.9 Å². The summed E-state index contributed by atoms with van der Waals surface area (Å²) in [5.41, 5.74) is 8.72. The first kappa shape index (κ1) is 24.2. The summed E-state index contributed by atoms with van der Waals surface area (Å²) in [6.45, 7) is 15.1. The van der Waals surface area contributed by atoms with Crippen LogP contribution in [0.4, 0.5) is 11.8 Å². The summed E-state index contributed by atoms with van der Waals surface area (Å²) < 4.78 is 12.9. The van der Waals surface area contributed by atoms with Crippen molar-refractivity contribution in [2.45, 2.75) is 58.3 Å². The Hall–Kier alpha value is -1.42. The highest BCUT2D eigenvalue weighted by Crippen LogP contribution is 2.43. The minimum atomic E-state index is -1.91. The topological polar surface area (TPSA) is 86.4 Å². The molecule has 0 amide bonds. The second kappa shape index (κ2) is 8.84. The number of aromatic nitrogens is 3. The Labute approximate surface area is 199 Å². The van der Waals surface area contributed by atoms with Crippen molar-refractivity contribution in [1.29, 1.82) is 0 Å². The van der Waals surface area contributed by atoms with Crippen LogP contribution in [0.3, 0.4) is 0 Å². The van der Waals surface area contributed by atoms with Gasteiger partial charge < -0.3 is 19.8 Å². The Morgan fingerprint density at radius 1 is 1.32 bits per heavy atom. The number of nitrogens with zero attached hydrogens (tertiary/aromatic N) is 4. The summed E-state index contributed by atoms with van der Waals surface area (Å²) in [4.78, 5) is 15.5. The third-order valence-corrected chi connectivity index (χ3v) is 11.7. The number of fused-ring (bicyclic) bond motifs is 1. The van der Waals surface area contributed by atoms with Crippen molar-refractivity contribution in [3.8, 4) is 5.75 Å². The lowest BCUT2D eigenvalue weighted by atomic mass is 10.1. The molecule has 1 aliphatic rings. The Morgan fingerprint density at radius 2 is 2.00 bits per heavy atom. The van der Waals surface area contributed by atoms with Gasteiger partial charge in [-0.15, -0.1) is 0 Å². The van der Waals surface area contributed by atoms with Gasteiger partial charge in [0.25, 0.3) is 0 Å². The molecule has 7 nitrogen and oxygen atoms in total. The van der Waals surface area contributed by atoms with E-state index in [1.54, 1.807) is 13.3 Å². The van der Waals surface area contributed by atoms with E-state index in [0.717, 1.165) is 32.9 Å². The average molecular weight is 529 g/mol. The average Bonchev–Trinajstić information content (AvgIpc) is 2.99. The number of pyridine rings is 1. The molecule has 2 aromatic heterocycles. The normalized spacial score (nSPS) is 16.5. The maximum atomic E-state index is 6.53. The Kier molecular flexibility index (Phi) is 6.91. The van der Waals surface area contributed by atoms with Crippen molar-refractivity contribution in [1.82, 2.24) is 15.0 Å². The fourth-order valence-electron chi connectivity index (χ4n) is 3.47. The van der Waals surface area contributed by atoms with Crippen LogP contribution in [0.15, 0.2) is 10.7 Å². The van der Waals surface area contributed by atoms with E-state index < -0.39 is 8.32 Å². The highest BCUT2D eigenvalue weighted by atomic mass is 79.9. The first-order chi connectivity index (χ1) is 14.4. The number of ether oxygens (including phenoxy) is 1. The van der Waals surface area contributed by atoms with Crippen molar-refractivity contribution < 1.29 is 9.16 Å². The molecule has 1 atom stereocenters. The van der Waals surface area contributed by atoms with Gasteiger partial charge in [0.2, 0.25) is 5.95 Å². The molecule has 0 aromatic carbocycles. The highest BCUT2D eigenvalue weighted by Gasteiger charge is 2.40. The van der Waals surface area contributed by atoms with Crippen molar-refractivity contribution >= 4 is 47.6 Å². The molecule has 0 spiro atoms. The summed E-state index contributed by atoms with van der Waals surface area (Å²) in [5, 5.41) is 0.525. The lowest BCUT2D eigenvalue weighted by Gasteiger charge is -2.37. The summed E-state index contributed by atoms with van der Waals surface area (Å²) in [5.74, 6) is 1.76. The van der Waals surface area contributed by atoms with Gasteiger partial charge in [-0.2, -0.15) is 4.98 Å². The van der Waals surface area contributed by atoms with Crippen molar-refractivity contribution in [2.24, 2.45) is 0 Å². The van der Waals surface area contributed by atoms with Crippen molar-refractivity contribution in [3.05, 3.63) is 32.6 Å². The molecular formula is C21H31BrClN5O2Si. The van der Waals surface area contributed by atoms with Gasteiger partial charge in [0, 0.05) is 36.4 Å². The standard InChI is InChI=1S/C21H31BrClN5O2Si/c1-12-15(25-8-14(22)17(12)29-5)10-28-9-13(11-30-31(6,7)21(2,3)4)16-18(23)26-20(24)27-19(16)28/h8,13H,9-11H2,1-7H3,(H2,24,26,27). The van der Waals surface area contributed by atoms with Crippen LogP contribution in [0.2, 0.25) is 23.3 Å². The molecule has 1 unspecified atom stereocenters. The maximum Gasteiger partial charge on any atom is 0.223 e. The van der Waals surface area contributed by atoms with Crippen molar-refractivity contribution in [2.75, 3.05) is 30.9 Å². The fraction of sp³-hybridized carbons (Fsp3) is 0.571. The van der Waals surface area contributed by atoms with E-state index >= 15 is 0 Å². The molecule has 1 aliphatic heterocycles. The minimum Gasteiger partial charge on any atom is -0.495 e. The van der Waals surface area contributed by atoms with Gasteiger partial charge in [0.05, 0.1) is 23.8 Å². The molecule has 0 bridgehead atoms. The van der Waals surface area contributed by atoms with Gasteiger partial charge in [0.1, 0.15) is 16.7 Å². The van der Waals surface area contributed by atoms with Crippen LogP contribution >= 0.6 is 27.5 Å². The molecule has 0 aliphatic carbocycles. The van der Waals surface area contributed by atoms with Gasteiger partial charge in [-0.25, -0.2) is 4.98 Å². The number of methoxy groups -OCH3 is 1.